The van der Waals surface area contributed by atoms with Crippen LogP contribution in [0.15, 0.2) is 0 Å². The molecule has 0 bridgehead atoms. The number of carbonyl (C=O) groups is 2. The van der Waals surface area contributed by atoms with E-state index in [9.17, 15) is 9.59 Å². The van der Waals surface area contributed by atoms with Crippen LogP contribution >= 0.6 is 0 Å². The Balaban J connectivity index is 2.57. The van der Waals surface area contributed by atoms with Gasteiger partial charge in [-0.05, 0) is 12.3 Å². The zero-order valence-electron chi connectivity index (χ0n) is 10.2. The fraction of sp³-hybridized carbons (Fsp3) is 0.818. The highest BCUT2D eigenvalue weighted by Gasteiger charge is 2.31. The van der Waals surface area contributed by atoms with Crippen molar-refractivity contribution in [1.29, 1.82) is 0 Å². The summed E-state index contributed by atoms with van der Waals surface area (Å²) >= 11 is 0. The van der Waals surface area contributed by atoms with E-state index >= 15 is 0 Å². The molecular weight excluding hydrogens is 208 g/mol. The lowest BCUT2D eigenvalue weighted by Gasteiger charge is -2.33. The second kappa shape index (κ2) is 5.84. The topological polar surface area (TPSA) is 58.6 Å². The molecule has 1 rings (SSSR count). The van der Waals surface area contributed by atoms with Gasteiger partial charge in [0.1, 0.15) is 6.04 Å². The van der Waals surface area contributed by atoms with Gasteiger partial charge in [0.2, 0.25) is 11.8 Å². The second-order valence-electron chi connectivity index (χ2n) is 4.31. The van der Waals surface area contributed by atoms with E-state index < -0.39 is 0 Å². The number of hydrogen-bond donors (Lipinski definition) is 1. The summed E-state index contributed by atoms with van der Waals surface area (Å²) < 4.78 is 5.02. The van der Waals surface area contributed by atoms with Crippen molar-refractivity contribution < 1.29 is 14.3 Å². The summed E-state index contributed by atoms with van der Waals surface area (Å²) in [6.07, 6.45) is 0.639. The molecule has 5 heteroatoms. The number of methoxy groups -OCH3 is 1. The molecule has 1 saturated heterocycles. The Morgan fingerprint density at radius 1 is 1.56 bits per heavy atom. The maximum absolute atomic E-state index is 11.9. The lowest BCUT2D eigenvalue weighted by molar-refractivity contribution is -0.145. The lowest BCUT2D eigenvalue weighted by atomic mass is 10.1. The molecule has 92 valence electrons. The van der Waals surface area contributed by atoms with Crippen LogP contribution in [0.1, 0.15) is 20.3 Å². The summed E-state index contributed by atoms with van der Waals surface area (Å²) in [7, 11) is 1.64. The second-order valence-corrected chi connectivity index (χ2v) is 4.31. The average Bonchev–Trinajstić information content (AvgIpc) is 2.23. The minimum atomic E-state index is -0.351. The van der Waals surface area contributed by atoms with E-state index in [1.807, 2.05) is 13.8 Å². The van der Waals surface area contributed by atoms with E-state index in [4.69, 9.17) is 4.74 Å². The highest BCUT2D eigenvalue weighted by Crippen LogP contribution is 2.08. The van der Waals surface area contributed by atoms with Crippen LogP contribution in [-0.2, 0) is 14.3 Å². The molecule has 1 aliphatic heterocycles. The summed E-state index contributed by atoms with van der Waals surface area (Å²) in [6, 6.07) is -0.351. The van der Waals surface area contributed by atoms with E-state index in [0.717, 1.165) is 0 Å². The van der Waals surface area contributed by atoms with Crippen LogP contribution in [0.5, 0.6) is 0 Å². The molecule has 0 saturated carbocycles. The van der Waals surface area contributed by atoms with Crippen LogP contribution in [0.4, 0.5) is 0 Å². The Kier molecular flexibility index (Phi) is 4.73. The van der Waals surface area contributed by atoms with E-state index in [1.54, 1.807) is 12.0 Å². The minimum Gasteiger partial charge on any atom is -0.384 e. The number of rotatable bonds is 5. The zero-order chi connectivity index (χ0) is 12.1. The molecular formula is C11H20N2O3. The van der Waals surface area contributed by atoms with Gasteiger partial charge in [-0.1, -0.05) is 13.8 Å². The Hall–Kier alpha value is -1.10. The number of hydrogen-bond acceptors (Lipinski definition) is 3. The monoisotopic (exact) mass is 228 g/mol. The largest absolute Gasteiger partial charge is 0.384 e. The molecule has 0 aliphatic carbocycles. The lowest BCUT2D eigenvalue weighted by Crippen LogP contribution is -2.58. The predicted molar refractivity (Wildman–Crippen MR) is 59.8 cm³/mol. The van der Waals surface area contributed by atoms with Gasteiger partial charge in [0.15, 0.2) is 0 Å². The molecule has 0 spiro atoms. The van der Waals surface area contributed by atoms with Gasteiger partial charge >= 0.3 is 0 Å². The third-order valence-electron chi connectivity index (χ3n) is 2.67. The third kappa shape index (κ3) is 3.20. The number of nitrogens with one attached hydrogen (secondary N) is 1. The normalized spacial score (nSPS) is 23.2. The SMILES string of the molecule is CCC1NC(=O)CN(CC(C)COC)C1=O. The molecule has 0 aromatic rings. The van der Waals surface area contributed by atoms with Gasteiger partial charge in [-0.15, -0.1) is 0 Å². The molecule has 1 N–H and O–H groups in total. The van der Waals surface area contributed by atoms with Gasteiger partial charge in [0.05, 0.1) is 13.2 Å². The molecule has 1 fully saturated rings. The molecule has 0 radical (unpaired) electrons. The van der Waals surface area contributed by atoms with E-state index in [-0.39, 0.29) is 30.3 Å². The fourth-order valence-corrected chi connectivity index (χ4v) is 1.92. The van der Waals surface area contributed by atoms with Crippen molar-refractivity contribution in [1.82, 2.24) is 10.2 Å². The molecule has 0 aromatic carbocycles. The molecule has 16 heavy (non-hydrogen) atoms. The van der Waals surface area contributed by atoms with Gasteiger partial charge in [0.25, 0.3) is 0 Å². The summed E-state index contributed by atoms with van der Waals surface area (Å²) in [5.74, 6) is 0.193. The van der Waals surface area contributed by atoms with Gasteiger partial charge in [-0.3, -0.25) is 9.59 Å². The number of amides is 2. The van der Waals surface area contributed by atoms with Crippen LogP contribution < -0.4 is 5.32 Å². The van der Waals surface area contributed by atoms with Crippen LogP contribution in [0.3, 0.4) is 0 Å². The van der Waals surface area contributed by atoms with Gasteiger partial charge < -0.3 is 15.0 Å². The van der Waals surface area contributed by atoms with Crippen LogP contribution in [-0.4, -0.2) is 49.6 Å². The van der Waals surface area contributed by atoms with Crippen molar-refractivity contribution in [3.63, 3.8) is 0 Å². The average molecular weight is 228 g/mol. The zero-order valence-corrected chi connectivity index (χ0v) is 10.2. The first kappa shape index (κ1) is 13.0. The van der Waals surface area contributed by atoms with Gasteiger partial charge in [-0.25, -0.2) is 0 Å². The highest BCUT2D eigenvalue weighted by atomic mass is 16.5. The fourth-order valence-electron chi connectivity index (χ4n) is 1.92. The minimum absolute atomic E-state index is 0.0186. The number of nitrogens with zero attached hydrogens (tertiary/aromatic N) is 1. The highest BCUT2D eigenvalue weighted by molar-refractivity contribution is 5.94. The number of piperazine rings is 1. The van der Waals surface area contributed by atoms with E-state index in [1.165, 1.54) is 0 Å². The summed E-state index contributed by atoms with van der Waals surface area (Å²) in [6.45, 7) is 5.25. The molecule has 1 aliphatic rings. The van der Waals surface area contributed by atoms with Crippen molar-refractivity contribution >= 4 is 11.8 Å². The van der Waals surface area contributed by atoms with Gasteiger partial charge in [-0.2, -0.15) is 0 Å². The van der Waals surface area contributed by atoms with Crippen molar-refractivity contribution in [2.75, 3.05) is 26.8 Å². The Labute approximate surface area is 96.1 Å². The smallest absolute Gasteiger partial charge is 0.245 e. The summed E-state index contributed by atoms with van der Waals surface area (Å²) in [4.78, 5) is 24.9. The van der Waals surface area contributed by atoms with Crippen molar-refractivity contribution in [2.45, 2.75) is 26.3 Å². The predicted octanol–water partition coefficient (Wildman–Crippen LogP) is 0.00590. The Morgan fingerprint density at radius 2 is 2.25 bits per heavy atom. The molecule has 1 heterocycles. The number of carbonyl (C=O) groups excluding carboxylic acids is 2. The Morgan fingerprint density at radius 3 is 2.81 bits per heavy atom. The van der Waals surface area contributed by atoms with Crippen molar-refractivity contribution in [2.24, 2.45) is 5.92 Å². The third-order valence-corrected chi connectivity index (χ3v) is 2.67. The molecule has 2 amide bonds. The first-order valence-electron chi connectivity index (χ1n) is 5.65. The van der Waals surface area contributed by atoms with E-state index in [0.29, 0.717) is 19.6 Å². The maximum atomic E-state index is 11.9. The molecule has 2 atom stereocenters. The summed E-state index contributed by atoms with van der Waals surface area (Å²) in [5.41, 5.74) is 0. The first-order chi connectivity index (χ1) is 7.58. The first-order valence-corrected chi connectivity index (χ1v) is 5.65. The number of ether oxygens (including phenoxy) is 1. The quantitative estimate of drug-likeness (QED) is 0.721. The molecule has 0 aromatic heterocycles. The van der Waals surface area contributed by atoms with Crippen LogP contribution in [0, 0.1) is 5.92 Å². The molecule has 2 unspecified atom stereocenters. The Bertz CT molecular complexity index is 268. The van der Waals surface area contributed by atoms with Gasteiger partial charge in [0, 0.05) is 13.7 Å². The maximum Gasteiger partial charge on any atom is 0.245 e. The van der Waals surface area contributed by atoms with Crippen molar-refractivity contribution in [3.05, 3.63) is 0 Å². The van der Waals surface area contributed by atoms with Crippen molar-refractivity contribution in [3.8, 4) is 0 Å². The van der Waals surface area contributed by atoms with E-state index in [2.05, 4.69) is 5.32 Å². The molecule has 5 nitrogen and oxygen atoms in total. The van der Waals surface area contributed by atoms with Crippen LogP contribution in [0.2, 0.25) is 0 Å². The standard InChI is InChI=1S/C11H20N2O3/c1-4-9-11(15)13(6-10(14)12-9)5-8(2)7-16-3/h8-9H,4-7H2,1-3H3,(H,12,14). The van der Waals surface area contributed by atoms with Crippen LogP contribution in [0.25, 0.3) is 0 Å². The summed E-state index contributed by atoms with van der Waals surface area (Å²) in [5, 5.41) is 2.69.